The molecule has 0 saturated carbocycles. The minimum atomic E-state index is -0.460. The third-order valence-electron chi connectivity index (χ3n) is 3.50. The number of aryl methyl sites for hydroxylation is 1. The van der Waals surface area contributed by atoms with Crippen LogP contribution in [0.25, 0.3) is 10.9 Å². The van der Waals surface area contributed by atoms with Gasteiger partial charge in [-0.25, -0.2) is 0 Å². The normalized spacial score (nSPS) is 13.4. The maximum Gasteiger partial charge on any atom is 0.0937 e. The Hall–Kier alpha value is -1.32. The van der Waals surface area contributed by atoms with Gasteiger partial charge in [-0.05, 0) is 13.0 Å². The number of aliphatic hydroxyl groups is 1. The molecule has 0 radical (unpaired) electrons. The summed E-state index contributed by atoms with van der Waals surface area (Å²) in [4.78, 5) is 0. The molecule has 2 aromatic rings. The fourth-order valence-electron chi connectivity index (χ4n) is 2.42. The first-order valence-corrected chi connectivity index (χ1v) is 6.47. The van der Waals surface area contributed by atoms with E-state index in [9.17, 15) is 5.11 Å². The Kier molecular flexibility index (Phi) is 3.73. The summed E-state index contributed by atoms with van der Waals surface area (Å²) in [5, 5.41) is 14.8. The third-order valence-corrected chi connectivity index (χ3v) is 3.50. The number of nitrogens with one attached hydrogen (secondary N) is 1. The Labute approximate surface area is 108 Å². The molecular weight excluding hydrogens is 224 g/mol. The van der Waals surface area contributed by atoms with Crippen molar-refractivity contribution in [3.05, 3.63) is 35.5 Å². The summed E-state index contributed by atoms with van der Waals surface area (Å²) in [5.41, 5.74) is 3.35. The first-order valence-electron chi connectivity index (χ1n) is 6.47. The van der Waals surface area contributed by atoms with Crippen LogP contribution in [0.4, 0.5) is 0 Å². The smallest absolute Gasteiger partial charge is 0.0937 e. The van der Waals surface area contributed by atoms with Gasteiger partial charge in [0.1, 0.15) is 0 Å². The van der Waals surface area contributed by atoms with Crippen molar-refractivity contribution >= 4 is 10.9 Å². The first-order chi connectivity index (χ1) is 8.52. The average Bonchev–Trinajstić information content (AvgIpc) is 2.60. The van der Waals surface area contributed by atoms with Crippen LogP contribution in [0.5, 0.6) is 0 Å². The van der Waals surface area contributed by atoms with E-state index in [1.165, 1.54) is 5.52 Å². The molecule has 0 aliphatic carbocycles. The van der Waals surface area contributed by atoms with Crippen LogP contribution in [0.1, 0.15) is 31.2 Å². The molecular formula is C15H22N2O. The van der Waals surface area contributed by atoms with Crippen LogP contribution in [0, 0.1) is 6.92 Å². The lowest BCUT2D eigenvalue weighted by Crippen LogP contribution is -2.28. The number of benzene rings is 1. The fraction of sp³-hybridized carbons (Fsp3) is 0.467. The highest BCUT2D eigenvalue weighted by molar-refractivity contribution is 5.85. The third kappa shape index (κ3) is 2.28. The van der Waals surface area contributed by atoms with Crippen LogP contribution in [-0.4, -0.2) is 22.3 Å². The molecule has 3 heteroatoms. The molecule has 2 rings (SSSR count). The number of aliphatic hydroxyl groups excluding tert-OH is 1. The molecule has 1 heterocycles. The van der Waals surface area contributed by atoms with E-state index in [-0.39, 0.29) is 0 Å². The Morgan fingerprint density at radius 1 is 1.28 bits per heavy atom. The average molecular weight is 246 g/mol. The number of hydrogen-bond donors (Lipinski definition) is 2. The molecule has 0 amide bonds. The van der Waals surface area contributed by atoms with Gasteiger partial charge in [-0.1, -0.05) is 32.0 Å². The van der Waals surface area contributed by atoms with Gasteiger partial charge in [0.05, 0.1) is 6.10 Å². The molecule has 2 N–H and O–H groups in total. The van der Waals surface area contributed by atoms with Crippen LogP contribution in [0.2, 0.25) is 0 Å². The molecule has 98 valence electrons. The van der Waals surface area contributed by atoms with Gasteiger partial charge in [0.15, 0.2) is 0 Å². The molecule has 0 fully saturated rings. The highest BCUT2D eigenvalue weighted by atomic mass is 16.3. The number of rotatable bonds is 4. The predicted octanol–water partition coefficient (Wildman–Crippen LogP) is 2.52. The molecule has 18 heavy (non-hydrogen) atoms. The second-order valence-corrected chi connectivity index (χ2v) is 5.15. The summed E-state index contributed by atoms with van der Waals surface area (Å²) < 4.78 is 2.14. The Morgan fingerprint density at radius 2 is 1.94 bits per heavy atom. The van der Waals surface area contributed by atoms with Gasteiger partial charge >= 0.3 is 0 Å². The van der Waals surface area contributed by atoms with Gasteiger partial charge in [-0.3, -0.25) is 0 Å². The van der Waals surface area contributed by atoms with Crippen LogP contribution in [0.3, 0.4) is 0 Å². The second kappa shape index (κ2) is 5.12. The summed E-state index contributed by atoms with van der Waals surface area (Å²) in [7, 11) is 2.05. The summed E-state index contributed by atoms with van der Waals surface area (Å²) in [6, 6.07) is 8.61. The van der Waals surface area contributed by atoms with E-state index in [2.05, 4.69) is 42.8 Å². The molecule has 0 aliphatic rings. The Morgan fingerprint density at radius 3 is 2.61 bits per heavy atom. The predicted molar refractivity (Wildman–Crippen MR) is 75.8 cm³/mol. The van der Waals surface area contributed by atoms with Gasteiger partial charge in [-0.15, -0.1) is 0 Å². The molecule has 1 unspecified atom stereocenters. The standard InChI is InChI=1S/C15H22N2O/c1-10(2)16-9-14(18)15-11(3)17(4)13-8-6-5-7-12(13)15/h5-8,10,14,16,18H,9H2,1-4H3. The maximum absolute atomic E-state index is 10.4. The summed E-state index contributed by atoms with van der Waals surface area (Å²) >= 11 is 0. The van der Waals surface area contributed by atoms with Gasteiger partial charge in [0, 0.05) is 41.8 Å². The van der Waals surface area contributed by atoms with Crippen molar-refractivity contribution in [1.82, 2.24) is 9.88 Å². The lowest BCUT2D eigenvalue weighted by molar-refractivity contribution is 0.172. The van der Waals surface area contributed by atoms with Crippen molar-refractivity contribution in [3.63, 3.8) is 0 Å². The monoisotopic (exact) mass is 246 g/mol. The summed E-state index contributed by atoms with van der Waals surface area (Å²) in [6.45, 7) is 6.83. The van der Waals surface area contributed by atoms with E-state index in [4.69, 9.17) is 0 Å². The van der Waals surface area contributed by atoms with E-state index in [1.807, 2.05) is 19.2 Å². The van der Waals surface area contributed by atoms with E-state index >= 15 is 0 Å². The van der Waals surface area contributed by atoms with E-state index in [0.29, 0.717) is 12.6 Å². The fourth-order valence-corrected chi connectivity index (χ4v) is 2.42. The largest absolute Gasteiger partial charge is 0.387 e. The second-order valence-electron chi connectivity index (χ2n) is 5.15. The Balaban J connectivity index is 2.40. The summed E-state index contributed by atoms with van der Waals surface area (Å²) in [6.07, 6.45) is -0.460. The van der Waals surface area contributed by atoms with Crippen molar-refractivity contribution in [2.45, 2.75) is 32.9 Å². The van der Waals surface area contributed by atoms with E-state index < -0.39 is 6.10 Å². The van der Waals surface area contributed by atoms with Crippen LogP contribution in [-0.2, 0) is 7.05 Å². The molecule has 0 spiro atoms. The summed E-state index contributed by atoms with van der Waals surface area (Å²) in [5.74, 6) is 0. The van der Waals surface area contributed by atoms with Crippen LogP contribution < -0.4 is 5.32 Å². The van der Waals surface area contributed by atoms with E-state index in [0.717, 1.165) is 16.6 Å². The molecule has 0 saturated heterocycles. The number of hydrogen-bond acceptors (Lipinski definition) is 2. The SMILES string of the molecule is Cc1c(C(O)CNC(C)C)c2ccccc2n1C. The maximum atomic E-state index is 10.4. The number of fused-ring (bicyclic) bond motifs is 1. The highest BCUT2D eigenvalue weighted by Gasteiger charge is 2.18. The zero-order valence-electron chi connectivity index (χ0n) is 11.6. The van der Waals surface area contributed by atoms with Gasteiger partial charge < -0.3 is 15.0 Å². The molecule has 1 atom stereocenters. The van der Waals surface area contributed by atoms with E-state index in [1.54, 1.807) is 0 Å². The molecule has 0 bridgehead atoms. The number of nitrogens with zero attached hydrogens (tertiary/aromatic N) is 1. The topological polar surface area (TPSA) is 37.2 Å². The quantitative estimate of drug-likeness (QED) is 0.870. The first kappa shape index (κ1) is 13.1. The van der Waals surface area contributed by atoms with Crippen molar-refractivity contribution in [3.8, 4) is 0 Å². The molecule has 1 aromatic heterocycles. The van der Waals surface area contributed by atoms with Gasteiger partial charge in [-0.2, -0.15) is 0 Å². The Bertz CT molecular complexity index is 543. The lowest BCUT2D eigenvalue weighted by atomic mass is 10.1. The van der Waals surface area contributed by atoms with Crippen LogP contribution >= 0.6 is 0 Å². The van der Waals surface area contributed by atoms with Crippen molar-refractivity contribution in [2.24, 2.45) is 7.05 Å². The van der Waals surface area contributed by atoms with Gasteiger partial charge in [0.2, 0.25) is 0 Å². The lowest BCUT2D eigenvalue weighted by Gasteiger charge is -2.15. The molecule has 0 aliphatic heterocycles. The zero-order chi connectivity index (χ0) is 13.3. The molecule has 1 aromatic carbocycles. The highest BCUT2D eigenvalue weighted by Crippen LogP contribution is 2.29. The molecule has 3 nitrogen and oxygen atoms in total. The zero-order valence-corrected chi connectivity index (χ0v) is 11.6. The van der Waals surface area contributed by atoms with Crippen molar-refractivity contribution in [1.29, 1.82) is 0 Å². The van der Waals surface area contributed by atoms with Gasteiger partial charge in [0.25, 0.3) is 0 Å². The number of aromatic nitrogens is 1. The van der Waals surface area contributed by atoms with Crippen molar-refractivity contribution < 1.29 is 5.11 Å². The minimum Gasteiger partial charge on any atom is -0.387 e. The minimum absolute atomic E-state index is 0.384. The van der Waals surface area contributed by atoms with Crippen molar-refractivity contribution in [2.75, 3.05) is 6.54 Å². The number of para-hydroxylation sites is 1. The van der Waals surface area contributed by atoms with Crippen LogP contribution in [0.15, 0.2) is 24.3 Å².